The van der Waals surface area contributed by atoms with Crippen molar-refractivity contribution >= 4 is 27.3 Å². The Labute approximate surface area is 120 Å². The van der Waals surface area contributed by atoms with Crippen LogP contribution in [-0.4, -0.2) is 28.5 Å². The number of fused-ring (bicyclic) bond motifs is 1. The molecule has 0 aromatic carbocycles. The third kappa shape index (κ3) is 2.19. The minimum atomic E-state index is -0.121. The summed E-state index contributed by atoms with van der Waals surface area (Å²) in [5.41, 5.74) is 0.845. The Balaban J connectivity index is 1.96. The highest BCUT2D eigenvalue weighted by Gasteiger charge is 2.24. The number of carbonyl (C=O) groups excluding carboxylic acids is 1. The van der Waals surface area contributed by atoms with Gasteiger partial charge in [-0.3, -0.25) is 14.2 Å². The van der Waals surface area contributed by atoms with Crippen LogP contribution in [0.25, 0.3) is 10.2 Å². The molecule has 0 radical (unpaired) electrons. The van der Waals surface area contributed by atoms with Crippen LogP contribution in [0.2, 0.25) is 0 Å². The number of hydrogen-bond acceptors (Lipinski definition) is 5. The van der Waals surface area contributed by atoms with Gasteiger partial charge in [-0.1, -0.05) is 0 Å². The van der Waals surface area contributed by atoms with Gasteiger partial charge in [0.25, 0.3) is 5.56 Å². The molecule has 1 atom stereocenters. The number of ether oxygens (including phenoxy) is 1. The van der Waals surface area contributed by atoms with Gasteiger partial charge in [0.05, 0.1) is 24.9 Å². The number of thiophene rings is 1. The maximum Gasteiger partial charge on any atom is 0.262 e. The van der Waals surface area contributed by atoms with E-state index in [9.17, 15) is 9.59 Å². The van der Waals surface area contributed by atoms with E-state index in [1.165, 1.54) is 22.2 Å². The van der Waals surface area contributed by atoms with Crippen LogP contribution in [0.15, 0.2) is 11.1 Å². The molecule has 0 spiro atoms. The van der Waals surface area contributed by atoms with Crippen LogP contribution in [0.3, 0.4) is 0 Å². The number of rotatable bonds is 3. The lowest BCUT2D eigenvalue weighted by molar-refractivity contribution is -0.123. The minimum absolute atomic E-state index is 0.0513. The van der Waals surface area contributed by atoms with Gasteiger partial charge in [-0.25, -0.2) is 4.98 Å². The fourth-order valence-corrected chi connectivity index (χ4v) is 3.46. The average Bonchev–Trinajstić information content (AvgIpc) is 3.03. The van der Waals surface area contributed by atoms with Crippen molar-refractivity contribution in [2.75, 3.05) is 13.2 Å². The lowest BCUT2D eigenvalue weighted by Gasteiger charge is -2.08. The Kier molecular flexibility index (Phi) is 3.43. The minimum Gasteiger partial charge on any atom is -0.381 e. The molecule has 0 saturated carbocycles. The molecule has 20 heavy (non-hydrogen) atoms. The van der Waals surface area contributed by atoms with E-state index < -0.39 is 0 Å². The molecule has 1 unspecified atom stereocenters. The summed E-state index contributed by atoms with van der Waals surface area (Å²) in [6.07, 6.45) is 2.23. The standard InChI is InChI=1S/C14H16N2O3S/c1-8-9(2)20-13-12(8)14(18)16(7-15-13)5-11(17)10-3-4-19-6-10/h7,10H,3-6H2,1-2H3. The fourth-order valence-electron chi connectivity index (χ4n) is 2.47. The van der Waals surface area contributed by atoms with E-state index in [-0.39, 0.29) is 23.8 Å². The van der Waals surface area contributed by atoms with Gasteiger partial charge in [-0.2, -0.15) is 0 Å². The Morgan fingerprint density at radius 2 is 2.35 bits per heavy atom. The van der Waals surface area contributed by atoms with Gasteiger partial charge in [0.2, 0.25) is 0 Å². The Hall–Kier alpha value is -1.53. The summed E-state index contributed by atoms with van der Waals surface area (Å²) in [6.45, 7) is 5.09. The average molecular weight is 292 g/mol. The molecule has 0 aliphatic carbocycles. The van der Waals surface area contributed by atoms with Crippen molar-refractivity contribution < 1.29 is 9.53 Å². The smallest absolute Gasteiger partial charge is 0.262 e. The monoisotopic (exact) mass is 292 g/mol. The van der Waals surface area contributed by atoms with Crippen LogP contribution in [0.4, 0.5) is 0 Å². The molecule has 0 bridgehead atoms. The molecule has 1 fully saturated rings. The SMILES string of the molecule is Cc1sc2ncn(CC(=O)C3CCOC3)c(=O)c2c1C. The summed E-state index contributed by atoms with van der Waals surface area (Å²) in [6, 6.07) is 0. The van der Waals surface area contributed by atoms with Crippen molar-refractivity contribution in [2.45, 2.75) is 26.8 Å². The second kappa shape index (κ2) is 5.10. The van der Waals surface area contributed by atoms with Crippen LogP contribution >= 0.6 is 11.3 Å². The number of carbonyl (C=O) groups is 1. The van der Waals surface area contributed by atoms with Crippen molar-refractivity contribution in [3.63, 3.8) is 0 Å². The normalized spacial score (nSPS) is 18.8. The van der Waals surface area contributed by atoms with E-state index in [0.29, 0.717) is 18.6 Å². The lowest BCUT2D eigenvalue weighted by Crippen LogP contribution is -2.28. The molecule has 2 aromatic heterocycles. The summed E-state index contributed by atoms with van der Waals surface area (Å²) < 4.78 is 6.64. The van der Waals surface area contributed by atoms with Crippen molar-refractivity contribution in [2.24, 2.45) is 5.92 Å². The fraction of sp³-hybridized carbons (Fsp3) is 0.500. The van der Waals surface area contributed by atoms with Gasteiger partial charge < -0.3 is 4.74 Å². The summed E-state index contributed by atoms with van der Waals surface area (Å²) in [7, 11) is 0. The highest BCUT2D eigenvalue weighted by atomic mass is 32.1. The first-order chi connectivity index (χ1) is 9.58. The topological polar surface area (TPSA) is 61.2 Å². The molecule has 2 aromatic rings. The van der Waals surface area contributed by atoms with E-state index >= 15 is 0 Å². The maximum absolute atomic E-state index is 12.5. The van der Waals surface area contributed by atoms with E-state index in [2.05, 4.69) is 4.98 Å². The summed E-state index contributed by atoms with van der Waals surface area (Å²) >= 11 is 1.52. The molecular weight excluding hydrogens is 276 g/mol. The molecular formula is C14H16N2O3S. The second-order valence-corrected chi connectivity index (χ2v) is 6.37. The van der Waals surface area contributed by atoms with Crippen molar-refractivity contribution in [3.8, 4) is 0 Å². The number of aromatic nitrogens is 2. The molecule has 5 nitrogen and oxygen atoms in total. The van der Waals surface area contributed by atoms with Crippen LogP contribution in [0, 0.1) is 19.8 Å². The molecule has 6 heteroatoms. The van der Waals surface area contributed by atoms with Crippen molar-refractivity contribution in [1.82, 2.24) is 9.55 Å². The maximum atomic E-state index is 12.5. The first-order valence-electron chi connectivity index (χ1n) is 6.63. The zero-order valence-electron chi connectivity index (χ0n) is 11.5. The summed E-state index contributed by atoms with van der Waals surface area (Å²) in [5.74, 6) is -0.0294. The number of ketones is 1. The number of Topliss-reactive ketones (excluding diaryl/α,β-unsaturated/α-hetero) is 1. The molecule has 0 N–H and O–H groups in total. The quantitative estimate of drug-likeness (QED) is 0.863. The largest absolute Gasteiger partial charge is 0.381 e. The van der Waals surface area contributed by atoms with Crippen LogP contribution < -0.4 is 5.56 Å². The van der Waals surface area contributed by atoms with Gasteiger partial charge in [0, 0.05) is 17.4 Å². The van der Waals surface area contributed by atoms with Gasteiger partial charge in [0.1, 0.15) is 4.83 Å². The third-order valence-corrected chi connectivity index (χ3v) is 4.98. The Morgan fingerprint density at radius 1 is 1.55 bits per heavy atom. The highest BCUT2D eigenvalue weighted by Crippen LogP contribution is 2.25. The summed E-state index contributed by atoms with van der Waals surface area (Å²) in [4.78, 5) is 30.7. The summed E-state index contributed by atoms with van der Waals surface area (Å²) in [5, 5.41) is 0.644. The van der Waals surface area contributed by atoms with E-state index in [0.717, 1.165) is 21.7 Å². The van der Waals surface area contributed by atoms with Gasteiger partial charge >= 0.3 is 0 Å². The molecule has 1 aliphatic heterocycles. The van der Waals surface area contributed by atoms with Gasteiger partial charge in [-0.15, -0.1) is 11.3 Å². The molecule has 3 rings (SSSR count). The van der Waals surface area contributed by atoms with Crippen LogP contribution in [0.5, 0.6) is 0 Å². The third-order valence-electron chi connectivity index (χ3n) is 3.87. The molecule has 0 amide bonds. The number of hydrogen-bond donors (Lipinski definition) is 0. The molecule has 1 saturated heterocycles. The second-order valence-electron chi connectivity index (χ2n) is 5.17. The highest BCUT2D eigenvalue weighted by molar-refractivity contribution is 7.18. The Bertz CT molecular complexity index is 726. The lowest BCUT2D eigenvalue weighted by atomic mass is 10.0. The number of aryl methyl sites for hydroxylation is 2. The van der Waals surface area contributed by atoms with Crippen LogP contribution in [-0.2, 0) is 16.1 Å². The predicted octanol–water partition coefficient (Wildman–Crippen LogP) is 1.68. The van der Waals surface area contributed by atoms with Crippen LogP contribution in [0.1, 0.15) is 16.9 Å². The van der Waals surface area contributed by atoms with Gasteiger partial charge in [0.15, 0.2) is 5.78 Å². The number of nitrogens with zero attached hydrogens (tertiary/aromatic N) is 2. The Morgan fingerprint density at radius 3 is 3.05 bits per heavy atom. The zero-order valence-corrected chi connectivity index (χ0v) is 12.3. The van der Waals surface area contributed by atoms with Crippen molar-refractivity contribution in [1.29, 1.82) is 0 Å². The first kappa shape index (κ1) is 13.5. The molecule has 3 heterocycles. The molecule has 106 valence electrons. The van der Waals surface area contributed by atoms with E-state index in [4.69, 9.17) is 4.74 Å². The van der Waals surface area contributed by atoms with Crippen molar-refractivity contribution in [3.05, 3.63) is 27.1 Å². The first-order valence-corrected chi connectivity index (χ1v) is 7.45. The van der Waals surface area contributed by atoms with E-state index in [1.807, 2.05) is 13.8 Å². The van der Waals surface area contributed by atoms with E-state index in [1.54, 1.807) is 0 Å². The molecule has 1 aliphatic rings. The predicted molar refractivity (Wildman–Crippen MR) is 77.3 cm³/mol. The zero-order chi connectivity index (χ0) is 14.3. The van der Waals surface area contributed by atoms with Gasteiger partial charge in [-0.05, 0) is 25.8 Å².